The molecule has 3 nitrogen and oxygen atoms in total. The second-order valence-corrected chi connectivity index (χ2v) is 8.60. The molecule has 1 N–H and O–H groups in total. The van der Waals surface area contributed by atoms with Gasteiger partial charge in [0, 0.05) is 11.1 Å². The monoisotopic (exact) mass is 411 g/mol. The van der Waals surface area contributed by atoms with Gasteiger partial charge in [0.05, 0.1) is 9.90 Å². The van der Waals surface area contributed by atoms with Crippen molar-refractivity contribution >= 4 is 23.1 Å². The van der Waals surface area contributed by atoms with E-state index in [0.717, 1.165) is 22.3 Å². The maximum atomic E-state index is 12.7. The summed E-state index contributed by atoms with van der Waals surface area (Å²) in [4.78, 5) is 5.24. The Labute approximate surface area is 164 Å². The van der Waals surface area contributed by atoms with Gasteiger partial charge < -0.3 is 0 Å². The van der Waals surface area contributed by atoms with Crippen LogP contribution in [0.1, 0.15) is 38.3 Å². The molecule has 0 atom stereocenters. The number of hydrogen-bond donors (Lipinski definition) is 1. The van der Waals surface area contributed by atoms with Crippen molar-refractivity contribution < 1.29 is 13.2 Å². The van der Waals surface area contributed by atoms with Gasteiger partial charge in [0.15, 0.2) is 0 Å². The lowest BCUT2D eigenvalue weighted by atomic mass is 10.1. The minimum atomic E-state index is -4.44. The van der Waals surface area contributed by atoms with Crippen LogP contribution >= 0.6 is 23.1 Å². The Bertz CT molecular complexity index is 871. The molecule has 27 heavy (non-hydrogen) atoms. The van der Waals surface area contributed by atoms with Crippen LogP contribution in [-0.2, 0) is 6.18 Å². The molecule has 3 aromatic heterocycles. The minimum absolute atomic E-state index is 0.186. The SMILES string of the molecule is CCCCCCSc1ccc(-c2ccnc(-c3cc(C(F)(F)F)[nH]n3)c2)s1. The van der Waals surface area contributed by atoms with Gasteiger partial charge in [0.1, 0.15) is 11.4 Å². The molecular formula is C19H20F3N3S2. The summed E-state index contributed by atoms with van der Waals surface area (Å²) in [6.45, 7) is 2.20. The number of nitrogens with one attached hydrogen (secondary N) is 1. The first-order chi connectivity index (χ1) is 13.0. The van der Waals surface area contributed by atoms with Gasteiger partial charge in [-0.3, -0.25) is 10.1 Å². The van der Waals surface area contributed by atoms with E-state index in [1.165, 1.54) is 29.9 Å². The number of thioether (sulfide) groups is 1. The highest BCUT2D eigenvalue weighted by molar-refractivity contribution is 8.01. The summed E-state index contributed by atoms with van der Waals surface area (Å²) in [6, 6.07) is 8.77. The third-order valence-electron chi connectivity index (χ3n) is 4.01. The van der Waals surface area contributed by atoms with Gasteiger partial charge in [-0.25, -0.2) is 0 Å². The number of nitrogens with zero attached hydrogens (tertiary/aromatic N) is 2. The Hall–Kier alpha value is -1.80. The van der Waals surface area contributed by atoms with Gasteiger partial charge in [-0.1, -0.05) is 26.2 Å². The van der Waals surface area contributed by atoms with Crippen molar-refractivity contribution in [1.29, 1.82) is 0 Å². The second kappa shape index (κ2) is 8.93. The average molecular weight is 412 g/mol. The largest absolute Gasteiger partial charge is 0.432 e. The fourth-order valence-corrected chi connectivity index (χ4v) is 4.78. The third kappa shape index (κ3) is 5.35. The molecule has 0 aliphatic carbocycles. The first kappa shape index (κ1) is 19.9. The van der Waals surface area contributed by atoms with E-state index in [1.807, 2.05) is 29.0 Å². The summed E-state index contributed by atoms with van der Waals surface area (Å²) >= 11 is 3.54. The molecule has 0 saturated carbocycles. The highest BCUT2D eigenvalue weighted by Gasteiger charge is 2.33. The Kier molecular flexibility index (Phi) is 6.59. The third-order valence-corrected chi connectivity index (χ3v) is 6.46. The molecule has 0 fully saturated rings. The number of rotatable bonds is 8. The van der Waals surface area contributed by atoms with Gasteiger partial charge in [0.2, 0.25) is 0 Å². The predicted octanol–water partition coefficient (Wildman–Crippen LogP) is 6.89. The molecule has 144 valence electrons. The zero-order valence-electron chi connectivity index (χ0n) is 14.8. The van der Waals surface area contributed by atoms with Gasteiger partial charge in [0.25, 0.3) is 0 Å². The van der Waals surface area contributed by atoms with Crippen LogP contribution < -0.4 is 0 Å². The zero-order valence-corrected chi connectivity index (χ0v) is 16.5. The summed E-state index contributed by atoms with van der Waals surface area (Å²) in [5.41, 5.74) is 0.662. The van der Waals surface area contributed by atoms with Crippen molar-refractivity contribution in [1.82, 2.24) is 15.2 Å². The number of alkyl halides is 3. The number of aromatic amines is 1. The zero-order chi connectivity index (χ0) is 19.3. The van der Waals surface area contributed by atoms with Gasteiger partial charge in [-0.05, 0) is 48.1 Å². The fourth-order valence-electron chi connectivity index (χ4n) is 2.58. The molecule has 0 spiro atoms. The van der Waals surface area contributed by atoms with Gasteiger partial charge >= 0.3 is 6.18 Å². The van der Waals surface area contributed by atoms with Crippen LogP contribution in [0.25, 0.3) is 21.8 Å². The Balaban J connectivity index is 1.70. The summed E-state index contributed by atoms with van der Waals surface area (Å²) in [6.07, 6.45) is 2.15. The van der Waals surface area contributed by atoms with Crippen molar-refractivity contribution in [2.24, 2.45) is 0 Å². The van der Waals surface area contributed by atoms with Crippen LogP contribution in [0.2, 0.25) is 0 Å². The van der Waals surface area contributed by atoms with Gasteiger partial charge in [-0.15, -0.1) is 23.1 Å². The quantitative estimate of drug-likeness (QED) is 0.324. The number of thiophene rings is 1. The highest BCUT2D eigenvalue weighted by Crippen LogP contribution is 2.36. The number of unbranched alkanes of at least 4 members (excludes halogenated alkanes) is 3. The summed E-state index contributed by atoms with van der Waals surface area (Å²) in [7, 11) is 0. The summed E-state index contributed by atoms with van der Waals surface area (Å²) in [5.74, 6) is 1.11. The molecule has 0 aliphatic rings. The average Bonchev–Trinajstić information content (AvgIpc) is 3.31. The van der Waals surface area contributed by atoms with Crippen LogP contribution in [0, 0.1) is 0 Å². The van der Waals surface area contributed by atoms with Crippen molar-refractivity contribution in [2.45, 2.75) is 43.0 Å². The van der Waals surface area contributed by atoms with Crippen molar-refractivity contribution in [3.63, 3.8) is 0 Å². The maximum Gasteiger partial charge on any atom is 0.432 e. The van der Waals surface area contributed by atoms with E-state index < -0.39 is 11.9 Å². The van der Waals surface area contributed by atoms with Crippen LogP contribution in [0.15, 0.2) is 40.7 Å². The van der Waals surface area contributed by atoms with E-state index in [0.29, 0.717) is 5.69 Å². The van der Waals surface area contributed by atoms with Crippen molar-refractivity contribution in [2.75, 3.05) is 5.75 Å². The van der Waals surface area contributed by atoms with Crippen LogP contribution in [0.3, 0.4) is 0 Å². The molecule has 0 aromatic carbocycles. The lowest BCUT2D eigenvalue weighted by molar-refractivity contribution is -0.141. The van der Waals surface area contributed by atoms with E-state index in [2.05, 4.69) is 23.1 Å². The predicted molar refractivity (Wildman–Crippen MR) is 105 cm³/mol. The number of pyridine rings is 1. The lowest BCUT2D eigenvalue weighted by Gasteiger charge is -2.01. The molecule has 0 saturated heterocycles. The van der Waals surface area contributed by atoms with Gasteiger partial charge in [-0.2, -0.15) is 18.3 Å². The van der Waals surface area contributed by atoms with E-state index in [4.69, 9.17) is 0 Å². The maximum absolute atomic E-state index is 12.7. The molecule has 0 aliphatic heterocycles. The second-order valence-electron chi connectivity index (χ2n) is 6.12. The number of hydrogen-bond acceptors (Lipinski definition) is 4. The van der Waals surface area contributed by atoms with Crippen LogP contribution in [0.5, 0.6) is 0 Å². The Morgan fingerprint density at radius 2 is 1.93 bits per heavy atom. The Morgan fingerprint density at radius 3 is 2.67 bits per heavy atom. The first-order valence-electron chi connectivity index (χ1n) is 8.79. The molecule has 0 amide bonds. The molecule has 0 bridgehead atoms. The number of halogens is 3. The van der Waals surface area contributed by atoms with Crippen LogP contribution in [0.4, 0.5) is 13.2 Å². The normalized spacial score (nSPS) is 11.9. The van der Waals surface area contributed by atoms with E-state index in [9.17, 15) is 13.2 Å². The first-order valence-corrected chi connectivity index (χ1v) is 10.6. The smallest absolute Gasteiger partial charge is 0.273 e. The lowest BCUT2D eigenvalue weighted by Crippen LogP contribution is -2.04. The van der Waals surface area contributed by atoms with E-state index in [1.54, 1.807) is 23.6 Å². The highest BCUT2D eigenvalue weighted by atomic mass is 32.2. The van der Waals surface area contributed by atoms with Crippen molar-refractivity contribution in [3.8, 4) is 21.8 Å². The molecule has 3 rings (SSSR count). The summed E-state index contributed by atoms with van der Waals surface area (Å²) in [5, 5.41) is 5.78. The number of H-pyrrole nitrogens is 1. The topological polar surface area (TPSA) is 41.6 Å². The molecule has 0 radical (unpaired) electrons. The minimum Gasteiger partial charge on any atom is -0.273 e. The molecule has 3 heterocycles. The molecule has 3 aromatic rings. The standard InChI is InChI=1S/C19H20F3N3S2/c1-2-3-4-5-10-26-18-7-6-16(27-18)13-8-9-23-14(11-13)15-12-17(25-24-15)19(20,21)22/h6-9,11-12H,2-5,10H2,1H3,(H,24,25). The molecule has 0 unspecified atom stereocenters. The molecular weight excluding hydrogens is 391 g/mol. The van der Waals surface area contributed by atoms with E-state index >= 15 is 0 Å². The molecule has 8 heteroatoms. The summed E-state index contributed by atoms with van der Waals surface area (Å²) < 4.78 is 39.5. The Morgan fingerprint density at radius 1 is 1.07 bits per heavy atom. The van der Waals surface area contributed by atoms with E-state index in [-0.39, 0.29) is 5.69 Å². The van der Waals surface area contributed by atoms with Crippen molar-refractivity contribution in [3.05, 3.63) is 42.2 Å². The number of aromatic nitrogens is 3. The fraction of sp³-hybridized carbons (Fsp3) is 0.368. The van der Waals surface area contributed by atoms with Crippen LogP contribution in [-0.4, -0.2) is 20.9 Å².